The van der Waals surface area contributed by atoms with Crippen LogP contribution < -0.4 is 15.1 Å². The van der Waals surface area contributed by atoms with Gasteiger partial charge in [-0.05, 0) is 63.1 Å². The molecule has 0 unspecified atom stereocenters. The van der Waals surface area contributed by atoms with E-state index in [4.69, 9.17) is 0 Å². The van der Waals surface area contributed by atoms with Gasteiger partial charge in [-0.3, -0.25) is 9.59 Å². The number of nitrogens with zero attached hydrogens (tertiary/aromatic N) is 2. The highest BCUT2D eigenvalue weighted by molar-refractivity contribution is 5.95. The van der Waals surface area contributed by atoms with Crippen molar-refractivity contribution in [1.82, 2.24) is 0 Å². The summed E-state index contributed by atoms with van der Waals surface area (Å²) in [6, 6.07) is 13.8. The number of rotatable bonds is 8. The maximum absolute atomic E-state index is 12.5. The summed E-state index contributed by atoms with van der Waals surface area (Å²) in [4.78, 5) is 28.5. The minimum atomic E-state index is -0.0986. The van der Waals surface area contributed by atoms with Crippen LogP contribution in [-0.2, 0) is 9.59 Å². The van der Waals surface area contributed by atoms with Crippen LogP contribution in [0.15, 0.2) is 42.5 Å². The molecule has 0 heterocycles. The van der Waals surface area contributed by atoms with Crippen molar-refractivity contribution in [3.63, 3.8) is 0 Å². The molecular weight excluding hydrogens is 350 g/mol. The zero-order chi connectivity index (χ0) is 20.7. The second-order valence-electron chi connectivity index (χ2n) is 6.93. The maximum atomic E-state index is 12.5. The Bertz CT molecular complexity index is 828. The molecule has 2 rings (SSSR count). The van der Waals surface area contributed by atoms with E-state index in [1.165, 1.54) is 6.92 Å². The Labute approximate surface area is 168 Å². The van der Waals surface area contributed by atoms with E-state index in [1.54, 1.807) is 4.90 Å². The van der Waals surface area contributed by atoms with Gasteiger partial charge >= 0.3 is 0 Å². The highest BCUT2D eigenvalue weighted by atomic mass is 16.2. The fourth-order valence-electron chi connectivity index (χ4n) is 3.31. The van der Waals surface area contributed by atoms with E-state index in [-0.39, 0.29) is 18.2 Å². The van der Waals surface area contributed by atoms with Crippen LogP contribution in [-0.4, -0.2) is 31.4 Å². The van der Waals surface area contributed by atoms with E-state index < -0.39 is 0 Å². The molecule has 0 saturated carbocycles. The fraction of sp³-hybridized carbons (Fsp3) is 0.391. The van der Waals surface area contributed by atoms with Crippen molar-refractivity contribution in [2.24, 2.45) is 0 Å². The van der Waals surface area contributed by atoms with E-state index in [2.05, 4.69) is 30.1 Å². The molecule has 1 N–H and O–H groups in total. The van der Waals surface area contributed by atoms with Crippen molar-refractivity contribution in [3.05, 3.63) is 53.6 Å². The lowest BCUT2D eigenvalue weighted by Crippen LogP contribution is -2.32. The predicted octanol–water partition coefficient (Wildman–Crippen LogP) is 4.53. The standard InChI is InChI=1S/C23H31N3O2/c1-6-25(7-2)20-12-13-21(18(4)16-20)24-23(28)14-15-26(19(5)27)22-11-9-8-10-17(22)3/h8-13,16H,6-7,14-15H2,1-5H3,(H,24,28). The molecule has 2 aromatic rings. The molecule has 5 heteroatoms. The van der Waals surface area contributed by atoms with Gasteiger partial charge in [0.25, 0.3) is 0 Å². The number of anilines is 3. The molecule has 0 aliphatic carbocycles. The molecule has 150 valence electrons. The summed E-state index contributed by atoms with van der Waals surface area (Å²) < 4.78 is 0. The first-order chi connectivity index (χ1) is 13.4. The molecule has 2 amide bonds. The van der Waals surface area contributed by atoms with E-state index in [1.807, 2.05) is 50.2 Å². The third kappa shape index (κ3) is 5.35. The Kier molecular flexibility index (Phi) is 7.61. The number of carbonyl (C=O) groups excluding carboxylic acids is 2. The minimum absolute atomic E-state index is 0.0677. The maximum Gasteiger partial charge on any atom is 0.226 e. The van der Waals surface area contributed by atoms with Crippen LogP contribution >= 0.6 is 0 Å². The molecule has 0 aliphatic rings. The van der Waals surface area contributed by atoms with Gasteiger partial charge in [-0.2, -0.15) is 0 Å². The molecule has 0 aliphatic heterocycles. The molecule has 28 heavy (non-hydrogen) atoms. The van der Waals surface area contributed by atoms with Crippen molar-refractivity contribution in [1.29, 1.82) is 0 Å². The summed E-state index contributed by atoms with van der Waals surface area (Å²) >= 11 is 0. The fourth-order valence-corrected chi connectivity index (χ4v) is 3.31. The Morgan fingerprint density at radius 1 is 0.964 bits per heavy atom. The van der Waals surface area contributed by atoms with Crippen molar-refractivity contribution < 1.29 is 9.59 Å². The minimum Gasteiger partial charge on any atom is -0.372 e. The summed E-state index contributed by atoms with van der Waals surface area (Å²) in [7, 11) is 0. The van der Waals surface area contributed by atoms with Gasteiger partial charge in [-0.15, -0.1) is 0 Å². The third-order valence-electron chi connectivity index (χ3n) is 4.96. The molecule has 0 saturated heterocycles. The smallest absolute Gasteiger partial charge is 0.226 e. The average Bonchev–Trinajstić information content (AvgIpc) is 2.66. The Morgan fingerprint density at radius 3 is 2.21 bits per heavy atom. The van der Waals surface area contributed by atoms with Gasteiger partial charge in [-0.1, -0.05) is 18.2 Å². The quantitative estimate of drug-likeness (QED) is 0.731. The number of aryl methyl sites for hydroxylation is 2. The molecule has 2 aromatic carbocycles. The summed E-state index contributed by atoms with van der Waals surface area (Å²) in [5.41, 5.74) is 4.86. The third-order valence-corrected chi connectivity index (χ3v) is 4.96. The number of hydrogen-bond donors (Lipinski definition) is 1. The number of hydrogen-bond acceptors (Lipinski definition) is 3. The van der Waals surface area contributed by atoms with Gasteiger partial charge in [0, 0.05) is 50.0 Å². The SMILES string of the molecule is CCN(CC)c1ccc(NC(=O)CCN(C(C)=O)c2ccccc2C)c(C)c1. The molecule has 0 spiro atoms. The van der Waals surface area contributed by atoms with Crippen LogP contribution in [0.4, 0.5) is 17.1 Å². The van der Waals surface area contributed by atoms with Crippen LogP contribution in [0, 0.1) is 13.8 Å². The van der Waals surface area contributed by atoms with Crippen molar-refractivity contribution in [3.8, 4) is 0 Å². The molecular formula is C23H31N3O2. The zero-order valence-corrected chi connectivity index (χ0v) is 17.6. The number of para-hydroxylation sites is 1. The van der Waals surface area contributed by atoms with E-state index in [0.29, 0.717) is 6.54 Å². The lowest BCUT2D eigenvalue weighted by molar-refractivity contribution is -0.117. The van der Waals surface area contributed by atoms with Crippen LogP contribution in [0.2, 0.25) is 0 Å². The number of carbonyl (C=O) groups is 2. The Hall–Kier alpha value is -2.82. The zero-order valence-electron chi connectivity index (χ0n) is 17.6. The molecule has 0 fully saturated rings. The summed E-state index contributed by atoms with van der Waals surface area (Å²) in [6.45, 7) is 12.0. The van der Waals surface area contributed by atoms with Crippen LogP contribution in [0.25, 0.3) is 0 Å². The van der Waals surface area contributed by atoms with Crippen molar-refractivity contribution in [2.45, 2.75) is 41.0 Å². The lowest BCUT2D eigenvalue weighted by atomic mass is 10.1. The summed E-state index contributed by atoms with van der Waals surface area (Å²) in [5, 5.41) is 2.98. The average molecular weight is 382 g/mol. The first kappa shape index (κ1) is 21.5. The van der Waals surface area contributed by atoms with Gasteiger partial charge < -0.3 is 15.1 Å². The van der Waals surface area contributed by atoms with E-state index in [0.717, 1.165) is 41.3 Å². The van der Waals surface area contributed by atoms with Gasteiger partial charge in [0.05, 0.1) is 0 Å². The van der Waals surface area contributed by atoms with Crippen molar-refractivity contribution >= 4 is 28.9 Å². The van der Waals surface area contributed by atoms with Gasteiger partial charge in [0.15, 0.2) is 0 Å². The second-order valence-corrected chi connectivity index (χ2v) is 6.93. The topological polar surface area (TPSA) is 52.7 Å². The second kappa shape index (κ2) is 9.93. The first-order valence-corrected chi connectivity index (χ1v) is 9.86. The van der Waals surface area contributed by atoms with Crippen LogP contribution in [0.3, 0.4) is 0 Å². The molecule has 5 nitrogen and oxygen atoms in total. The number of amides is 2. The highest BCUT2D eigenvalue weighted by Gasteiger charge is 2.15. The number of nitrogens with one attached hydrogen (secondary N) is 1. The Balaban J connectivity index is 2.03. The molecule has 0 aromatic heterocycles. The molecule has 0 atom stereocenters. The first-order valence-electron chi connectivity index (χ1n) is 9.86. The van der Waals surface area contributed by atoms with Crippen LogP contribution in [0.1, 0.15) is 38.3 Å². The van der Waals surface area contributed by atoms with Gasteiger partial charge in [0.2, 0.25) is 11.8 Å². The monoisotopic (exact) mass is 381 g/mol. The molecule has 0 radical (unpaired) electrons. The van der Waals surface area contributed by atoms with Gasteiger partial charge in [-0.25, -0.2) is 0 Å². The van der Waals surface area contributed by atoms with E-state index in [9.17, 15) is 9.59 Å². The van der Waals surface area contributed by atoms with E-state index >= 15 is 0 Å². The largest absolute Gasteiger partial charge is 0.372 e. The number of benzene rings is 2. The normalized spacial score (nSPS) is 10.5. The Morgan fingerprint density at radius 2 is 1.64 bits per heavy atom. The van der Waals surface area contributed by atoms with Gasteiger partial charge in [0.1, 0.15) is 0 Å². The summed E-state index contributed by atoms with van der Waals surface area (Å²) in [6.07, 6.45) is 0.241. The molecule has 0 bridgehead atoms. The highest BCUT2D eigenvalue weighted by Crippen LogP contribution is 2.23. The summed E-state index contributed by atoms with van der Waals surface area (Å²) in [5.74, 6) is -0.166. The van der Waals surface area contributed by atoms with Crippen LogP contribution in [0.5, 0.6) is 0 Å². The predicted molar refractivity (Wildman–Crippen MR) is 117 cm³/mol. The lowest BCUT2D eigenvalue weighted by Gasteiger charge is -2.23. The van der Waals surface area contributed by atoms with Crippen molar-refractivity contribution in [2.75, 3.05) is 34.8 Å².